The van der Waals surface area contributed by atoms with E-state index in [1.54, 1.807) is 0 Å². The standard InChI is InChI=1S/C13H16F3NO3/c1-3-6-20-11-5-4-9(13(14,15)16)7-10(11)17-12(19)8(2)18/h4-5,7-8,18H,3,6H2,1-2H3,(H,17,19). The number of amides is 1. The minimum absolute atomic E-state index is 0.112. The van der Waals surface area contributed by atoms with Gasteiger partial charge in [-0.25, -0.2) is 0 Å². The molecule has 1 amide bonds. The molecule has 0 fully saturated rings. The molecule has 112 valence electrons. The third-order valence-electron chi connectivity index (χ3n) is 2.41. The Kier molecular flexibility index (Phi) is 5.38. The number of alkyl halides is 3. The Bertz CT molecular complexity index is 472. The van der Waals surface area contributed by atoms with E-state index in [-0.39, 0.29) is 11.4 Å². The van der Waals surface area contributed by atoms with Gasteiger partial charge in [-0.05, 0) is 31.5 Å². The summed E-state index contributed by atoms with van der Waals surface area (Å²) in [6.45, 7) is 3.37. The van der Waals surface area contributed by atoms with Crippen molar-refractivity contribution in [2.75, 3.05) is 11.9 Å². The van der Waals surface area contributed by atoms with E-state index in [9.17, 15) is 18.0 Å². The lowest BCUT2D eigenvalue weighted by atomic mass is 10.1. The molecule has 0 radical (unpaired) electrons. The van der Waals surface area contributed by atoms with Gasteiger partial charge in [-0.1, -0.05) is 6.92 Å². The molecule has 1 aromatic rings. The first-order valence-electron chi connectivity index (χ1n) is 6.08. The maximum Gasteiger partial charge on any atom is 0.416 e. The molecule has 0 aliphatic carbocycles. The van der Waals surface area contributed by atoms with E-state index in [4.69, 9.17) is 9.84 Å². The highest BCUT2D eigenvalue weighted by Gasteiger charge is 2.31. The fraction of sp³-hybridized carbons (Fsp3) is 0.462. The van der Waals surface area contributed by atoms with Gasteiger partial charge in [-0.2, -0.15) is 13.2 Å². The number of nitrogens with one attached hydrogen (secondary N) is 1. The number of hydrogen-bond donors (Lipinski definition) is 2. The Morgan fingerprint density at radius 1 is 1.45 bits per heavy atom. The Balaban J connectivity index is 3.09. The number of carbonyl (C=O) groups excluding carboxylic acids is 1. The molecule has 0 heterocycles. The van der Waals surface area contributed by atoms with E-state index < -0.39 is 23.8 Å². The summed E-state index contributed by atoms with van der Waals surface area (Å²) in [5, 5.41) is 11.3. The van der Waals surface area contributed by atoms with Crippen LogP contribution in [0.5, 0.6) is 5.75 Å². The maximum absolute atomic E-state index is 12.6. The minimum atomic E-state index is -4.52. The average Bonchev–Trinajstić information content (AvgIpc) is 2.35. The van der Waals surface area contributed by atoms with E-state index in [0.717, 1.165) is 18.2 Å². The van der Waals surface area contributed by atoms with E-state index in [1.165, 1.54) is 6.92 Å². The molecule has 0 saturated carbocycles. The van der Waals surface area contributed by atoms with Gasteiger partial charge in [0, 0.05) is 0 Å². The molecule has 0 aliphatic heterocycles. The summed E-state index contributed by atoms with van der Waals surface area (Å²) in [5.41, 5.74) is -1.01. The summed E-state index contributed by atoms with van der Waals surface area (Å²) < 4.78 is 43.2. The van der Waals surface area contributed by atoms with E-state index in [2.05, 4.69) is 5.32 Å². The van der Waals surface area contributed by atoms with Crippen LogP contribution in [0, 0.1) is 0 Å². The third-order valence-corrected chi connectivity index (χ3v) is 2.41. The Morgan fingerprint density at radius 2 is 2.10 bits per heavy atom. The number of rotatable bonds is 5. The molecular formula is C13H16F3NO3. The first-order chi connectivity index (χ1) is 9.25. The van der Waals surface area contributed by atoms with E-state index >= 15 is 0 Å². The number of ether oxygens (including phenoxy) is 1. The van der Waals surface area contributed by atoms with Crippen molar-refractivity contribution in [2.24, 2.45) is 0 Å². The second kappa shape index (κ2) is 6.60. The van der Waals surface area contributed by atoms with Crippen molar-refractivity contribution >= 4 is 11.6 Å². The van der Waals surface area contributed by atoms with Crippen LogP contribution in [0.15, 0.2) is 18.2 Å². The zero-order valence-corrected chi connectivity index (χ0v) is 11.1. The Morgan fingerprint density at radius 3 is 2.60 bits per heavy atom. The van der Waals surface area contributed by atoms with Gasteiger partial charge in [0.2, 0.25) is 0 Å². The number of halogens is 3. The van der Waals surface area contributed by atoms with Crippen molar-refractivity contribution in [3.8, 4) is 5.75 Å². The van der Waals surface area contributed by atoms with Crippen molar-refractivity contribution in [1.29, 1.82) is 0 Å². The Hall–Kier alpha value is -1.76. The monoisotopic (exact) mass is 291 g/mol. The summed E-state index contributed by atoms with van der Waals surface area (Å²) >= 11 is 0. The lowest BCUT2D eigenvalue weighted by Crippen LogP contribution is -2.25. The predicted molar refractivity (Wildman–Crippen MR) is 67.5 cm³/mol. The van der Waals surface area contributed by atoms with Gasteiger partial charge in [0.25, 0.3) is 5.91 Å². The zero-order chi connectivity index (χ0) is 15.3. The average molecular weight is 291 g/mol. The predicted octanol–water partition coefficient (Wildman–Crippen LogP) is 2.81. The maximum atomic E-state index is 12.6. The highest BCUT2D eigenvalue weighted by atomic mass is 19.4. The van der Waals surface area contributed by atoms with Crippen molar-refractivity contribution in [2.45, 2.75) is 32.5 Å². The number of benzene rings is 1. The van der Waals surface area contributed by atoms with Gasteiger partial charge in [0.05, 0.1) is 17.9 Å². The molecule has 0 saturated heterocycles. The van der Waals surface area contributed by atoms with Crippen LogP contribution in [0.4, 0.5) is 18.9 Å². The molecule has 1 atom stereocenters. The largest absolute Gasteiger partial charge is 0.491 e. The number of hydrogen-bond acceptors (Lipinski definition) is 3. The summed E-state index contributed by atoms with van der Waals surface area (Å²) in [5.74, 6) is -0.667. The van der Waals surface area contributed by atoms with Gasteiger partial charge in [0.15, 0.2) is 0 Å². The fourth-order valence-corrected chi connectivity index (χ4v) is 1.38. The smallest absolute Gasteiger partial charge is 0.416 e. The first-order valence-corrected chi connectivity index (χ1v) is 6.08. The van der Waals surface area contributed by atoms with Gasteiger partial charge in [0.1, 0.15) is 11.9 Å². The van der Waals surface area contributed by atoms with Crippen molar-refractivity contribution < 1.29 is 27.8 Å². The number of anilines is 1. The van der Waals surface area contributed by atoms with Crippen LogP contribution in [0.3, 0.4) is 0 Å². The lowest BCUT2D eigenvalue weighted by Gasteiger charge is -2.15. The third kappa shape index (κ3) is 4.41. The van der Waals surface area contributed by atoms with E-state index in [0.29, 0.717) is 13.0 Å². The molecule has 1 aromatic carbocycles. The van der Waals surface area contributed by atoms with E-state index in [1.807, 2.05) is 6.92 Å². The van der Waals surface area contributed by atoms with Gasteiger partial charge in [-0.15, -0.1) is 0 Å². The van der Waals surface area contributed by atoms with Crippen LogP contribution in [0.25, 0.3) is 0 Å². The minimum Gasteiger partial charge on any atom is -0.491 e. The topological polar surface area (TPSA) is 58.6 Å². The molecule has 4 nitrogen and oxygen atoms in total. The van der Waals surface area contributed by atoms with Crippen LogP contribution in [0.1, 0.15) is 25.8 Å². The molecule has 1 rings (SSSR count). The number of aliphatic hydroxyl groups is 1. The molecule has 20 heavy (non-hydrogen) atoms. The number of aliphatic hydroxyl groups excluding tert-OH is 1. The molecule has 2 N–H and O–H groups in total. The molecule has 0 spiro atoms. The summed E-state index contributed by atoms with van der Waals surface area (Å²) in [6.07, 6.45) is -5.18. The second-order valence-corrected chi connectivity index (χ2v) is 4.22. The molecule has 1 unspecified atom stereocenters. The fourth-order valence-electron chi connectivity index (χ4n) is 1.38. The van der Waals surface area contributed by atoms with Crippen LogP contribution in [0.2, 0.25) is 0 Å². The SMILES string of the molecule is CCCOc1ccc(C(F)(F)F)cc1NC(=O)C(C)O. The van der Waals surface area contributed by atoms with Crippen molar-refractivity contribution in [1.82, 2.24) is 0 Å². The highest BCUT2D eigenvalue weighted by Crippen LogP contribution is 2.35. The molecule has 7 heteroatoms. The summed E-state index contributed by atoms with van der Waals surface area (Å²) in [6, 6.07) is 2.81. The van der Waals surface area contributed by atoms with Crippen LogP contribution >= 0.6 is 0 Å². The van der Waals surface area contributed by atoms with Crippen LogP contribution in [-0.4, -0.2) is 23.7 Å². The lowest BCUT2D eigenvalue weighted by molar-refractivity contribution is -0.137. The summed E-state index contributed by atoms with van der Waals surface area (Å²) in [4.78, 5) is 11.4. The van der Waals surface area contributed by atoms with Gasteiger partial charge >= 0.3 is 6.18 Å². The quantitative estimate of drug-likeness (QED) is 0.877. The second-order valence-electron chi connectivity index (χ2n) is 4.22. The first kappa shape index (κ1) is 16.3. The highest BCUT2D eigenvalue weighted by molar-refractivity contribution is 5.95. The summed E-state index contributed by atoms with van der Waals surface area (Å²) in [7, 11) is 0. The number of carbonyl (C=O) groups is 1. The Labute approximate surface area is 114 Å². The van der Waals surface area contributed by atoms with Crippen molar-refractivity contribution in [3.63, 3.8) is 0 Å². The molecular weight excluding hydrogens is 275 g/mol. The van der Waals surface area contributed by atoms with Crippen LogP contribution in [-0.2, 0) is 11.0 Å². The van der Waals surface area contributed by atoms with Gasteiger partial charge < -0.3 is 15.2 Å². The van der Waals surface area contributed by atoms with Crippen molar-refractivity contribution in [3.05, 3.63) is 23.8 Å². The molecule has 0 bridgehead atoms. The van der Waals surface area contributed by atoms with Crippen LogP contribution < -0.4 is 10.1 Å². The molecule has 0 aromatic heterocycles. The normalized spacial score (nSPS) is 12.9. The van der Waals surface area contributed by atoms with Gasteiger partial charge in [-0.3, -0.25) is 4.79 Å². The zero-order valence-electron chi connectivity index (χ0n) is 11.1. The molecule has 0 aliphatic rings.